The van der Waals surface area contributed by atoms with Gasteiger partial charge in [-0.3, -0.25) is 0 Å². The highest BCUT2D eigenvalue weighted by molar-refractivity contribution is 9.10. The van der Waals surface area contributed by atoms with Gasteiger partial charge in [0, 0.05) is 11.6 Å². The van der Waals surface area contributed by atoms with E-state index in [1.807, 2.05) is 12.1 Å². The standard InChI is InChI=1S/C9H7BrN2O/c1-13-9-7(10)3-2-6-4-11-5-12-8(6)9/h2-5H,1H3. The first-order valence-electron chi connectivity index (χ1n) is 3.75. The second-order valence-corrected chi connectivity index (χ2v) is 3.40. The van der Waals surface area contributed by atoms with Crippen molar-refractivity contribution in [2.75, 3.05) is 7.11 Å². The molecular weight excluding hydrogens is 232 g/mol. The summed E-state index contributed by atoms with van der Waals surface area (Å²) in [5.41, 5.74) is 0.826. The van der Waals surface area contributed by atoms with Gasteiger partial charge in [0.05, 0.1) is 11.6 Å². The summed E-state index contributed by atoms with van der Waals surface area (Å²) in [7, 11) is 1.63. The number of methoxy groups -OCH3 is 1. The van der Waals surface area contributed by atoms with Gasteiger partial charge in [0.1, 0.15) is 11.8 Å². The Balaban J connectivity index is 2.84. The molecule has 0 fully saturated rings. The van der Waals surface area contributed by atoms with Crippen molar-refractivity contribution in [3.63, 3.8) is 0 Å². The minimum absolute atomic E-state index is 0.750. The number of hydrogen-bond acceptors (Lipinski definition) is 3. The summed E-state index contributed by atoms with van der Waals surface area (Å²) >= 11 is 3.39. The van der Waals surface area contributed by atoms with E-state index in [9.17, 15) is 0 Å². The molecule has 0 atom stereocenters. The fourth-order valence-corrected chi connectivity index (χ4v) is 1.68. The third-order valence-corrected chi connectivity index (χ3v) is 2.41. The third kappa shape index (κ3) is 1.37. The zero-order valence-electron chi connectivity index (χ0n) is 6.99. The molecule has 66 valence electrons. The molecule has 0 spiro atoms. The lowest BCUT2D eigenvalue weighted by Crippen LogP contribution is -1.89. The molecule has 0 amide bonds. The Labute approximate surface area is 83.9 Å². The summed E-state index contributed by atoms with van der Waals surface area (Å²) < 4.78 is 6.12. The Morgan fingerprint density at radius 3 is 3.00 bits per heavy atom. The quantitative estimate of drug-likeness (QED) is 0.766. The molecule has 2 rings (SSSR count). The minimum Gasteiger partial charge on any atom is -0.493 e. The van der Waals surface area contributed by atoms with Gasteiger partial charge in [0.15, 0.2) is 5.75 Å². The molecule has 0 bridgehead atoms. The van der Waals surface area contributed by atoms with E-state index in [0.29, 0.717) is 0 Å². The first-order valence-corrected chi connectivity index (χ1v) is 4.54. The smallest absolute Gasteiger partial charge is 0.159 e. The molecule has 0 radical (unpaired) electrons. The van der Waals surface area contributed by atoms with Crippen molar-refractivity contribution in [1.82, 2.24) is 9.97 Å². The number of fused-ring (bicyclic) bond motifs is 1. The van der Waals surface area contributed by atoms with Gasteiger partial charge in [0.25, 0.3) is 0 Å². The van der Waals surface area contributed by atoms with Crippen LogP contribution in [0.15, 0.2) is 29.1 Å². The molecule has 2 aromatic rings. The fraction of sp³-hybridized carbons (Fsp3) is 0.111. The van der Waals surface area contributed by atoms with Crippen LogP contribution >= 0.6 is 15.9 Å². The number of nitrogens with zero attached hydrogens (tertiary/aromatic N) is 2. The van der Waals surface area contributed by atoms with Crippen LogP contribution in [-0.2, 0) is 0 Å². The van der Waals surface area contributed by atoms with E-state index < -0.39 is 0 Å². The summed E-state index contributed by atoms with van der Waals surface area (Å²) in [6.07, 6.45) is 3.27. The normalized spacial score (nSPS) is 10.3. The summed E-state index contributed by atoms with van der Waals surface area (Å²) in [4.78, 5) is 8.08. The van der Waals surface area contributed by atoms with Crippen LogP contribution in [0, 0.1) is 0 Å². The lowest BCUT2D eigenvalue weighted by atomic mass is 10.2. The van der Waals surface area contributed by atoms with Crippen LogP contribution in [0.5, 0.6) is 5.75 Å². The SMILES string of the molecule is COc1c(Br)ccc2cncnc12. The number of aromatic nitrogens is 2. The topological polar surface area (TPSA) is 35.0 Å². The van der Waals surface area contributed by atoms with E-state index in [2.05, 4.69) is 25.9 Å². The van der Waals surface area contributed by atoms with Crippen LogP contribution in [0.3, 0.4) is 0 Å². The predicted octanol–water partition coefficient (Wildman–Crippen LogP) is 2.40. The van der Waals surface area contributed by atoms with E-state index in [4.69, 9.17) is 4.74 Å². The van der Waals surface area contributed by atoms with Crippen molar-refractivity contribution in [2.45, 2.75) is 0 Å². The lowest BCUT2D eigenvalue weighted by molar-refractivity contribution is 0.416. The van der Waals surface area contributed by atoms with E-state index >= 15 is 0 Å². The Morgan fingerprint density at radius 1 is 1.38 bits per heavy atom. The van der Waals surface area contributed by atoms with Crippen molar-refractivity contribution in [2.24, 2.45) is 0 Å². The maximum atomic E-state index is 5.22. The Kier molecular flexibility index (Phi) is 2.14. The maximum absolute atomic E-state index is 5.22. The van der Waals surface area contributed by atoms with Crippen LogP contribution in [0.4, 0.5) is 0 Å². The number of hydrogen-bond donors (Lipinski definition) is 0. The maximum Gasteiger partial charge on any atom is 0.159 e. The number of rotatable bonds is 1. The Morgan fingerprint density at radius 2 is 2.23 bits per heavy atom. The van der Waals surface area contributed by atoms with Gasteiger partial charge in [-0.15, -0.1) is 0 Å². The number of ether oxygens (including phenoxy) is 1. The molecule has 4 heteroatoms. The minimum atomic E-state index is 0.750. The van der Waals surface area contributed by atoms with Crippen molar-refractivity contribution >= 4 is 26.8 Å². The molecule has 0 saturated carbocycles. The van der Waals surface area contributed by atoms with Crippen LogP contribution in [0.2, 0.25) is 0 Å². The molecule has 3 nitrogen and oxygen atoms in total. The van der Waals surface area contributed by atoms with Gasteiger partial charge in [-0.05, 0) is 28.1 Å². The van der Waals surface area contributed by atoms with Crippen LogP contribution in [0.25, 0.3) is 10.9 Å². The molecule has 0 aliphatic rings. The van der Waals surface area contributed by atoms with E-state index in [0.717, 1.165) is 21.1 Å². The molecule has 1 aromatic carbocycles. The van der Waals surface area contributed by atoms with Crippen molar-refractivity contribution < 1.29 is 4.74 Å². The van der Waals surface area contributed by atoms with Gasteiger partial charge in [0.2, 0.25) is 0 Å². The van der Waals surface area contributed by atoms with Crippen LogP contribution < -0.4 is 4.74 Å². The summed E-state index contributed by atoms with van der Waals surface area (Å²) in [5, 5.41) is 0.975. The lowest BCUT2D eigenvalue weighted by Gasteiger charge is -2.05. The highest BCUT2D eigenvalue weighted by Gasteiger charge is 2.06. The first-order chi connectivity index (χ1) is 6.33. The molecule has 13 heavy (non-hydrogen) atoms. The van der Waals surface area contributed by atoms with Gasteiger partial charge in [-0.25, -0.2) is 9.97 Å². The molecule has 0 aliphatic heterocycles. The molecule has 1 heterocycles. The van der Waals surface area contributed by atoms with Crippen LogP contribution in [-0.4, -0.2) is 17.1 Å². The average molecular weight is 239 g/mol. The van der Waals surface area contributed by atoms with E-state index in [1.54, 1.807) is 13.3 Å². The molecule has 0 unspecified atom stereocenters. The zero-order chi connectivity index (χ0) is 9.26. The molecular formula is C9H7BrN2O. The monoisotopic (exact) mass is 238 g/mol. The third-order valence-electron chi connectivity index (χ3n) is 1.79. The predicted molar refractivity (Wildman–Crippen MR) is 53.8 cm³/mol. The highest BCUT2D eigenvalue weighted by Crippen LogP contribution is 2.31. The van der Waals surface area contributed by atoms with Gasteiger partial charge >= 0.3 is 0 Å². The van der Waals surface area contributed by atoms with Crippen molar-refractivity contribution in [3.8, 4) is 5.75 Å². The second kappa shape index (κ2) is 3.30. The van der Waals surface area contributed by atoms with Gasteiger partial charge in [-0.2, -0.15) is 0 Å². The zero-order valence-corrected chi connectivity index (χ0v) is 8.58. The molecule has 0 N–H and O–H groups in total. The summed E-state index contributed by atoms with van der Waals surface area (Å²) in [5.74, 6) is 0.750. The first kappa shape index (κ1) is 8.44. The summed E-state index contributed by atoms with van der Waals surface area (Å²) in [6.45, 7) is 0. The van der Waals surface area contributed by atoms with Gasteiger partial charge < -0.3 is 4.74 Å². The number of halogens is 1. The average Bonchev–Trinajstić information content (AvgIpc) is 2.18. The Bertz CT molecular complexity index is 445. The highest BCUT2D eigenvalue weighted by atomic mass is 79.9. The van der Waals surface area contributed by atoms with Crippen LogP contribution in [0.1, 0.15) is 0 Å². The molecule has 1 aromatic heterocycles. The second-order valence-electron chi connectivity index (χ2n) is 2.54. The van der Waals surface area contributed by atoms with E-state index in [-0.39, 0.29) is 0 Å². The number of benzene rings is 1. The largest absolute Gasteiger partial charge is 0.493 e. The van der Waals surface area contributed by atoms with Crippen molar-refractivity contribution in [1.29, 1.82) is 0 Å². The molecule has 0 aliphatic carbocycles. The van der Waals surface area contributed by atoms with Gasteiger partial charge in [-0.1, -0.05) is 0 Å². The molecule has 0 saturated heterocycles. The summed E-state index contributed by atoms with van der Waals surface area (Å²) in [6, 6.07) is 3.87. The van der Waals surface area contributed by atoms with Crippen molar-refractivity contribution in [3.05, 3.63) is 29.1 Å². The fourth-order valence-electron chi connectivity index (χ4n) is 1.20. The Hall–Kier alpha value is -1.16. The van der Waals surface area contributed by atoms with E-state index in [1.165, 1.54) is 6.33 Å².